The number of piperidine rings is 1. The third-order valence-corrected chi connectivity index (χ3v) is 8.71. The highest BCUT2D eigenvalue weighted by atomic mass is 16.3. The minimum absolute atomic E-state index is 0.145. The van der Waals surface area contributed by atoms with Crippen molar-refractivity contribution in [2.45, 2.75) is 101 Å². The summed E-state index contributed by atoms with van der Waals surface area (Å²) in [6, 6.07) is 0.340. The summed E-state index contributed by atoms with van der Waals surface area (Å²) in [5.41, 5.74) is 0.196. The molecule has 0 spiro atoms. The van der Waals surface area contributed by atoms with Crippen LogP contribution in [-0.2, 0) is 0 Å². The Morgan fingerprint density at radius 2 is 1.39 bits per heavy atom. The largest absolute Gasteiger partial charge is 0.393 e. The van der Waals surface area contributed by atoms with E-state index in [1.807, 2.05) is 0 Å². The van der Waals surface area contributed by atoms with Gasteiger partial charge in [0.1, 0.15) is 0 Å². The molecule has 0 atom stereocenters. The molecule has 7 rings (SSSR count). The lowest BCUT2D eigenvalue weighted by Gasteiger charge is -2.56. The third kappa shape index (κ3) is 4.22. The standard InChI is InChI=1S/C24H38N6O/c31-20-6-4-19(5-7-20)25-21-26-22(28-23(27-21)30-8-2-1-3-9-30)29-24-13-16-10-17(14-24)12-18(11-16)15-24/h16-20,31H,1-15H2,(H2,25,26,27,28,29). The molecule has 0 amide bonds. The molecule has 1 aromatic heterocycles. The number of aliphatic hydroxyl groups is 1. The van der Waals surface area contributed by atoms with Crippen LogP contribution in [0.5, 0.6) is 0 Å². The molecule has 7 nitrogen and oxygen atoms in total. The van der Waals surface area contributed by atoms with Crippen LogP contribution < -0.4 is 15.5 Å². The number of anilines is 3. The van der Waals surface area contributed by atoms with E-state index in [0.717, 1.165) is 68.4 Å². The number of aliphatic hydroxyl groups excluding tert-OH is 1. The Labute approximate surface area is 185 Å². The molecular formula is C24H38N6O. The number of nitrogens with one attached hydrogen (secondary N) is 2. The lowest BCUT2D eigenvalue weighted by atomic mass is 9.53. The van der Waals surface area contributed by atoms with Gasteiger partial charge in [-0.05, 0) is 101 Å². The molecule has 4 bridgehead atoms. The molecule has 0 aromatic carbocycles. The van der Waals surface area contributed by atoms with Crippen molar-refractivity contribution in [3.05, 3.63) is 0 Å². The van der Waals surface area contributed by atoms with Gasteiger partial charge < -0.3 is 20.6 Å². The van der Waals surface area contributed by atoms with Gasteiger partial charge in [-0.25, -0.2) is 0 Å². The van der Waals surface area contributed by atoms with Crippen LogP contribution >= 0.6 is 0 Å². The smallest absolute Gasteiger partial charge is 0.231 e. The monoisotopic (exact) mass is 426 g/mol. The molecule has 7 heteroatoms. The van der Waals surface area contributed by atoms with E-state index in [2.05, 4.69) is 15.5 Å². The second kappa shape index (κ2) is 8.05. The summed E-state index contributed by atoms with van der Waals surface area (Å²) < 4.78 is 0. The van der Waals surface area contributed by atoms with Gasteiger partial charge in [0.05, 0.1) is 6.10 Å². The lowest BCUT2D eigenvalue weighted by molar-refractivity contribution is 0.0103. The Hall–Kier alpha value is -1.63. The molecule has 1 saturated heterocycles. The van der Waals surface area contributed by atoms with Crippen molar-refractivity contribution >= 4 is 17.8 Å². The molecule has 31 heavy (non-hydrogen) atoms. The molecule has 6 fully saturated rings. The van der Waals surface area contributed by atoms with E-state index in [1.54, 1.807) is 0 Å². The number of rotatable bonds is 5. The molecule has 5 aliphatic carbocycles. The summed E-state index contributed by atoms with van der Waals surface area (Å²) >= 11 is 0. The zero-order chi connectivity index (χ0) is 20.8. The van der Waals surface area contributed by atoms with Gasteiger partial charge in [0.25, 0.3) is 0 Å². The van der Waals surface area contributed by atoms with Crippen LogP contribution in [-0.4, -0.2) is 50.8 Å². The maximum atomic E-state index is 9.86. The first kappa shape index (κ1) is 20.0. The van der Waals surface area contributed by atoms with E-state index in [-0.39, 0.29) is 11.6 Å². The Kier molecular flexibility index (Phi) is 5.20. The minimum Gasteiger partial charge on any atom is -0.393 e. The predicted octanol–water partition coefficient (Wildman–Crippen LogP) is 3.96. The predicted molar refractivity (Wildman–Crippen MR) is 122 cm³/mol. The van der Waals surface area contributed by atoms with E-state index in [4.69, 9.17) is 15.0 Å². The van der Waals surface area contributed by atoms with Crippen LogP contribution in [0.25, 0.3) is 0 Å². The number of hydrogen-bond donors (Lipinski definition) is 3. The number of aromatic nitrogens is 3. The van der Waals surface area contributed by atoms with Crippen LogP contribution in [0.4, 0.5) is 17.8 Å². The fourth-order valence-corrected chi connectivity index (χ4v) is 7.62. The molecule has 170 valence electrons. The number of nitrogens with zero attached hydrogens (tertiary/aromatic N) is 4. The summed E-state index contributed by atoms with van der Waals surface area (Å²) in [6.07, 6.45) is 15.4. The van der Waals surface area contributed by atoms with Crippen molar-refractivity contribution in [3.63, 3.8) is 0 Å². The highest BCUT2D eigenvalue weighted by Gasteiger charge is 2.51. The minimum atomic E-state index is -0.145. The van der Waals surface area contributed by atoms with Gasteiger partial charge in [0.2, 0.25) is 17.8 Å². The second-order valence-electron chi connectivity index (χ2n) is 11.3. The van der Waals surface area contributed by atoms with Crippen LogP contribution in [0.2, 0.25) is 0 Å². The molecule has 0 radical (unpaired) electrons. The molecule has 5 saturated carbocycles. The van der Waals surface area contributed by atoms with Crippen LogP contribution in [0.15, 0.2) is 0 Å². The molecule has 0 unspecified atom stereocenters. The summed E-state index contributed by atoms with van der Waals surface area (Å²) in [5, 5.41) is 17.3. The summed E-state index contributed by atoms with van der Waals surface area (Å²) in [6.45, 7) is 2.08. The Bertz CT molecular complexity index is 751. The Balaban J connectivity index is 1.25. The van der Waals surface area contributed by atoms with Gasteiger partial charge in [-0.3, -0.25) is 0 Å². The van der Waals surface area contributed by atoms with Gasteiger partial charge in [0.15, 0.2) is 0 Å². The van der Waals surface area contributed by atoms with Crippen molar-refractivity contribution in [2.24, 2.45) is 17.8 Å². The highest BCUT2D eigenvalue weighted by molar-refractivity contribution is 5.46. The first-order chi connectivity index (χ1) is 15.1. The first-order valence-electron chi connectivity index (χ1n) is 12.9. The van der Waals surface area contributed by atoms with Gasteiger partial charge in [-0.15, -0.1) is 0 Å². The quantitative estimate of drug-likeness (QED) is 0.657. The van der Waals surface area contributed by atoms with E-state index in [1.165, 1.54) is 57.8 Å². The zero-order valence-electron chi connectivity index (χ0n) is 18.7. The van der Waals surface area contributed by atoms with Crippen molar-refractivity contribution in [1.29, 1.82) is 0 Å². The second-order valence-corrected chi connectivity index (χ2v) is 11.3. The molecule has 3 N–H and O–H groups in total. The average Bonchev–Trinajstić information content (AvgIpc) is 2.74. The fraction of sp³-hybridized carbons (Fsp3) is 0.875. The Morgan fingerprint density at radius 1 is 0.774 bits per heavy atom. The van der Waals surface area contributed by atoms with Crippen molar-refractivity contribution in [1.82, 2.24) is 15.0 Å². The van der Waals surface area contributed by atoms with Gasteiger partial charge in [0, 0.05) is 24.7 Å². The van der Waals surface area contributed by atoms with Gasteiger partial charge >= 0.3 is 0 Å². The molecule has 1 aromatic rings. The molecule has 1 aliphatic heterocycles. The van der Waals surface area contributed by atoms with Crippen molar-refractivity contribution in [2.75, 3.05) is 28.6 Å². The molecule has 6 aliphatic rings. The maximum absolute atomic E-state index is 9.86. The average molecular weight is 427 g/mol. The van der Waals surface area contributed by atoms with Crippen LogP contribution in [0, 0.1) is 17.8 Å². The zero-order valence-corrected chi connectivity index (χ0v) is 18.7. The summed E-state index contributed by atoms with van der Waals surface area (Å²) in [7, 11) is 0. The van der Waals surface area contributed by atoms with Crippen molar-refractivity contribution in [3.8, 4) is 0 Å². The summed E-state index contributed by atoms with van der Waals surface area (Å²) in [5.74, 6) is 5.01. The topological polar surface area (TPSA) is 86.2 Å². The maximum Gasteiger partial charge on any atom is 0.231 e. The van der Waals surface area contributed by atoms with E-state index in [9.17, 15) is 5.11 Å². The van der Waals surface area contributed by atoms with Crippen molar-refractivity contribution < 1.29 is 5.11 Å². The van der Waals surface area contributed by atoms with Gasteiger partial charge in [-0.1, -0.05) is 0 Å². The molecule has 2 heterocycles. The highest BCUT2D eigenvalue weighted by Crippen LogP contribution is 2.56. The van der Waals surface area contributed by atoms with E-state index in [0.29, 0.717) is 12.0 Å². The first-order valence-corrected chi connectivity index (χ1v) is 12.9. The van der Waals surface area contributed by atoms with Gasteiger partial charge in [-0.2, -0.15) is 15.0 Å². The number of hydrogen-bond acceptors (Lipinski definition) is 7. The summed E-state index contributed by atoms with van der Waals surface area (Å²) in [4.78, 5) is 17.0. The SMILES string of the molecule is OC1CCC(Nc2nc(NC34CC5CC(CC(C5)C3)C4)nc(N3CCCCC3)n2)CC1. The van der Waals surface area contributed by atoms with E-state index < -0.39 is 0 Å². The van der Waals surface area contributed by atoms with Crippen LogP contribution in [0.1, 0.15) is 83.5 Å². The Morgan fingerprint density at radius 3 is 2.03 bits per heavy atom. The molecular weight excluding hydrogens is 388 g/mol. The third-order valence-electron chi connectivity index (χ3n) is 8.71. The fourth-order valence-electron chi connectivity index (χ4n) is 7.62. The lowest BCUT2D eigenvalue weighted by Crippen LogP contribution is -2.55. The van der Waals surface area contributed by atoms with Crippen LogP contribution in [0.3, 0.4) is 0 Å². The van der Waals surface area contributed by atoms with E-state index >= 15 is 0 Å². The normalized spacial score (nSPS) is 39.5.